The number of nitrogens with zero attached hydrogens (tertiary/aromatic N) is 1. The fourth-order valence-corrected chi connectivity index (χ4v) is 6.35. The van der Waals surface area contributed by atoms with Gasteiger partial charge in [0, 0.05) is 23.9 Å². The zero-order valence-electron chi connectivity index (χ0n) is 18.6. The van der Waals surface area contributed by atoms with E-state index in [1.54, 1.807) is 4.90 Å². The molecule has 0 spiro atoms. The third-order valence-electron chi connectivity index (χ3n) is 6.09. The van der Waals surface area contributed by atoms with E-state index in [0.717, 1.165) is 44.1 Å². The van der Waals surface area contributed by atoms with Crippen LogP contribution in [0.5, 0.6) is 0 Å². The van der Waals surface area contributed by atoms with Crippen molar-refractivity contribution in [1.29, 1.82) is 0 Å². The largest absolute Gasteiger partial charge is 0.354 e. The maximum absolute atomic E-state index is 13.4. The third-order valence-corrected chi connectivity index (χ3v) is 8.02. The van der Waals surface area contributed by atoms with Gasteiger partial charge in [0.05, 0.1) is 6.26 Å². The summed E-state index contributed by atoms with van der Waals surface area (Å²) in [5, 5.41) is 3.03. The van der Waals surface area contributed by atoms with Crippen LogP contribution >= 0.6 is 11.8 Å². The number of likely N-dealkylation sites (tertiary alicyclic amines) is 1. The molecule has 2 aliphatic rings. The predicted octanol–water partition coefficient (Wildman–Crippen LogP) is 1.06. The molecule has 0 aromatic heterocycles. The van der Waals surface area contributed by atoms with Gasteiger partial charge in [-0.25, -0.2) is 13.1 Å². The molecule has 0 unspecified atom stereocenters. The second kappa shape index (κ2) is 10.7. The van der Waals surface area contributed by atoms with Crippen LogP contribution in [0.4, 0.5) is 0 Å². The zero-order chi connectivity index (χ0) is 22.5. The number of carbonyl (C=O) groups is 2. The van der Waals surface area contributed by atoms with Crippen molar-refractivity contribution in [3.63, 3.8) is 0 Å². The molecule has 0 aromatic carbocycles. The number of amides is 2. The van der Waals surface area contributed by atoms with Crippen LogP contribution in [0.25, 0.3) is 0 Å². The Hall–Kier alpha value is -0.840. The third kappa shape index (κ3) is 7.10. The summed E-state index contributed by atoms with van der Waals surface area (Å²) in [6.45, 7) is 6.76. The fourth-order valence-electron chi connectivity index (χ4n) is 4.38. The highest BCUT2D eigenvalue weighted by Crippen LogP contribution is 2.31. The first-order chi connectivity index (χ1) is 13.9. The normalized spacial score (nSPS) is 26.4. The Labute approximate surface area is 185 Å². The molecule has 0 bridgehead atoms. The average Bonchev–Trinajstić information content (AvgIpc) is 3.14. The summed E-state index contributed by atoms with van der Waals surface area (Å²) >= 11 is 1.52. The van der Waals surface area contributed by atoms with Gasteiger partial charge in [0.2, 0.25) is 21.8 Å². The average molecular weight is 463 g/mol. The molecular formula is C20H38N4O4S2. The van der Waals surface area contributed by atoms with Gasteiger partial charge in [-0.1, -0.05) is 6.92 Å². The van der Waals surface area contributed by atoms with Crippen LogP contribution in [0.3, 0.4) is 0 Å². The number of hydrogen-bond donors (Lipinski definition) is 3. The van der Waals surface area contributed by atoms with Crippen LogP contribution in [0.15, 0.2) is 0 Å². The van der Waals surface area contributed by atoms with Gasteiger partial charge >= 0.3 is 0 Å². The quantitative estimate of drug-likeness (QED) is 0.471. The Kier molecular flexibility index (Phi) is 9.03. The van der Waals surface area contributed by atoms with E-state index in [-0.39, 0.29) is 17.9 Å². The highest BCUT2D eigenvalue weighted by atomic mass is 32.2. The van der Waals surface area contributed by atoms with Gasteiger partial charge in [0.1, 0.15) is 12.1 Å². The smallest absolute Gasteiger partial charge is 0.242 e. The first-order valence-electron chi connectivity index (χ1n) is 10.9. The number of carbonyl (C=O) groups excluding carboxylic acids is 2. The van der Waals surface area contributed by atoms with Gasteiger partial charge in [-0.3, -0.25) is 9.59 Å². The lowest BCUT2D eigenvalue weighted by molar-refractivity contribution is -0.140. The second-order valence-electron chi connectivity index (χ2n) is 9.08. The van der Waals surface area contributed by atoms with Crippen molar-refractivity contribution < 1.29 is 18.0 Å². The van der Waals surface area contributed by atoms with Gasteiger partial charge in [0.25, 0.3) is 0 Å². The molecule has 1 aliphatic carbocycles. The topological polar surface area (TPSA) is 122 Å². The molecule has 1 saturated carbocycles. The van der Waals surface area contributed by atoms with Gasteiger partial charge < -0.3 is 16.0 Å². The van der Waals surface area contributed by atoms with Gasteiger partial charge in [-0.15, -0.1) is 0 Å². The van der Waals surface area contributed by atoms with Crippen LogP contribution in [0, 0.1) is 5.92 Å². The van der Waals surface area contributed by atoms with E-state index < -0.39 is 26.9 Å². The molecular weight excluding hydrogens is 424 g/mol. The lowest BCUT2D eigenvalue weighted by Gasteiger charge is -2.36. The van der Waals surface area contributed by atoms with E-state index in [1.807, 2.05) is 20.8 Å². The van der Waals surface area contributed by atoms with Gasteiger partial charge in [0.15, 0.2) is 0 Å². The predicted molar refractivity (Wildman–Crippen MR) is 122 cm³/mol. The van der Waals surface area contributed by atoms with Crippen LogP contribution in [0.2, 0.25) is 0 Å². The summed E-state index contributed by atoms with van der Waals surface area (Å²) in [6, 6.07) is -1.20. The summed E-state index contributed by atoms with van der Waals surface area (Å²) in [4.78, 5) is 27.8. The minimum absolute atomic E-state index is 0.144. The van der Waals surface area contributed by atoms with Crippen molar-refractivity contribution in [2.75, 3.05) is 25.1 Å². The van der Waals surface area contributed by atoms with Gasteiger partial charge in [-0.2, -0.15) is 11.8 Å². The summed E-state index contributed by atoms with van der Waals surface area (Å²) in [7, 11) is -3.59. The van der Waals surface area contributed by atoms with Crippen molar-refractivity contribution in [3.05, 3.63) is 0 Å². The second-order valence-corrected chi connectivity index (χ2v) is 12.8. The molecule has 10 heteroatoms. The highest BCUT2D eigenvalue weighted by molar-refractivity contribution is 8.00. The first kappa shape index (κ1) is 25.4. The van der Waals surface area contributed by atoms with Crippen molar-refractivity contribution in [1.82, 2.24) is 14.9 Å². The summed E-state index contributed by atoms with van der Waals surface area (Å²) in [5.41, 5.74) is 5.95. The summed E-state index contributed by atoms with van der Waals surface area (Å²) in [6.07, 6.45) is 6.38. The van der Waals surface area contributed by atoms with E-state index in [9.17, 15) is 18.0 Å². The maximum atomic E-state index is 13.4. The van der Waals surface area contributed by atoms with Gasteiger partial charge in [-0.05, 0) is 64.0 Å². The molecule has 0 aromatic rings. The number of nitrogens with one attached hydrogen (secondary N) is 2. The summed E-state index contributed by atoms with van der Waals surface area (Å²) in [5.74, 6) is 0.707. The standard InChI is InChI=1S/C20H38N4O4S2/c1-5-29-20(2,3)17(23-30(4,27)28)19(26)24-12-6-7-16(24)18(25)22-13-14-8-10-15(21)11-9-14/h14-17,23H,5-13,21H2,1-4H3,(H,22,25)/t14?,15?,16-,17-/m0/s1. The molecule has 2 amide bonds. The minimum Gasteiger partial charge on any atom is -0.354 e. The van der Waals surface area contributed by atoms with Crippen molar-refractivity contribution >= 4 is 33.6 Å². The molecule has 1 heterocycles. The SMILES string of the molecule is CCSC(C)(C)[C@@H](NS(C)(=O)=O)C(=O)N1CCC[C@H]1C(=O)NCC1CCC(N)CC1. The lowest BCUT2D eigenvalue weighted by Crippen LogP contribution is -2.59. The Morgan fingerprint density at radius 3 is 2.40 bits per heavy atom. The first-order valence-corrected chi connectivity index (χ1v) is 13.8. The molecule has 1 aliphatic heterocycles. The van der Waals surface area contributed by atoms with Crippen molar-refractivity contribution in [3.8, 4) is 0 Å². The zero-order valence-corrected chi connectivity index (χ0v) is 20.3. The highest BCUT2D eigenvalue weighted by Gasteiger charge is 2.44. The molecule has 30 heavy (non-hydrogen) atoms. The Balaban J connectivity index is 2.06. The molecule has 2 fully saturated rings. The Bertz CT molecular complexity index is 706. The Morgan fingerprint density at radius 1 is 1.20 bits per heavy atom. The van der Waals surface area contributed by atoms with Crippen LogP contribution < -0.4 is 15.8 Å². The number of sulfonamides is 1. The number of thioether (sulfide) groups is 1. The Morgan fingerprint density at radius 2 is 1.83 bits per heavy atom. The molecule has 174 valence electrons. The number of hydrogen-bond acceptors (Lipinski definition) is 6. The molecule has 0 radical (unpaired) electrons. The van der Waals surface area contributed by atoms with E-state index in [2.05, 4.69) is 10.0 Å². The molecule has 2 rings (SSSR count). The molecule has 2 atom stereocenters. The summed E-state index contributed by atoms with van der Waals surface area (Å²) < 4.78 is 25.8. The molecule has 1 saturated heterocycles. The maximum Gasteiger partial charge on any atom is 0.242 e. The fraction of sp³-hybridized carbons (Fsp3) is 0.900. The molecule has 4 N–H and O–H groups in total. The number of nitrogens with two attached hydrogens (primary N) is 1. The van der Waals surface area contributed by atoms with E-state index in [1.165, 1.54) is 11.8 Å². The van der Waals surface area contributed by atoms with E-state index in [0.29, 0.717) is 25.4 Å². The van der Waals surface area contributed by atoms with Crippen molar-refractivity contribution in [2.24, 2.45) is 11.7 Å². The minimum atomic E-state index is -3.59. The number of rotatable bonds is 9. The van der Waals surface area contributed by atoms with Crippen LogP contribution in [-0.2, 0) is 19.6 Å². The molecule has 8 nitrogen and oxygen atoms in total. The lowest BCUT2D eigenvalue weighted by atomic mass is 9.86. The van der Waals surface area contributed by atoms with Crippen molar-refractivity contribution in [2.45, 2.75) is 82.2 Å². The monoisotopic (exact) mass is 462 g/mol. The van der Waals surface area contributed by atoms with E-state index in [4.69, 9.17) is 5.73 Å². The van der Waals surface area contributed by atoms with Crippen LogP contribution in [0.1, 0.15) is 59.3 Å². The van der Waals surface area contributed by atoms with E-state index >= 15 is 0 Å². The van der Waals surface area contributed by atoms with Crippen LogP contribution in [-0.4, -0.2) is 73.1 Å².